The van der Waals surface area contributed by atoms with Crippen LogP contribution in [-0.4, -0.2) is 76.4 Å². The maximum atomic E-state index is 12.5. The highest BCUT2D eigenvalue weighted by atomic mass is 16.5. The predicted octanol–water partition coefficient (Wildman–Crippen LogP) is 2.65. The molecule has 1 aliphatic heterocycles. The number of ether oxygens (including phenoxy) is 3. The molecule has 0 spiro atoms. The van der Waals surface area contributed by atoms with Gasteiger partial charge in [-0.15, -0.1) is 0 Å². The molecule has 8 heteroatoms. The molecule has 8 nitrogen and oxygen atoms in total. The molecule has 1 heterocycles. The van der Waals surface area contributed by atoms with Crippen molar-refractivity contribution in [1.29, 1.82) is 0 Å². The van der Waals surface area contributed by atoms with Crippen LogP contribution in [0.25, 0.3) is 0 Å². The summed E-state index contributed by atoms with van der Waals surface area (Å²) < 4.78 is 15.8. The molecular formula is C24H31N3O5. The first-order chi connectivity index (χ1) is 15.6. The Labute approximate surface area is 189 Å². The second-order valence-corrected chi connectivity index (χ2v) is 7.43. The van der Waals surface area contributed by atoms with Crippen LogP contribution < -0.4 is 15.0 Å². The van der Waals surface area contributed by atoms with Crippen LogP contribution >= 0.6 is 0 Å². The molecule has 0 saturated carbocycles. The molecule has 2 aromatic carbocycles. The van der Waals surface area contributed by atoms with Gasteiger partial charge < -0.3 is 24.4 Å². The number of carbonyl (C=O) groups excluding carboxylic acids is 2. The van der Waals surface area contributed by atoms with Crippen molar-refractivity contribution < 1.29 is 23.8 Å². The number of methoxy groups -OCH3 is 1. The summed E-state index contributed by atoms with van der Waals surface area (Å²) in [6.45, 7) is 7.33. The zero-order valence-corrected chi connectivity index (χ0v) is 18.7. The fourth-order valence-electron chi connectivity index (χ4n) is 3.43. The lowest BCUT2D eigenvalue weighted by Crippen LogP contribution is -2.36. The van der Waals surface area contributed by atoms with E-state index in [0.717, 1.165) is 44.2 Å². The number of carbonyl (C=O) groups is 2. The number of hydrogen-bond acceptors (Lipinski definition) is 7. The minimum absolute atomic E-state index is 0.0617. The molecule has 32 heavy (non-hydrogen) atoms. The molecule has 1 fully saturated rings. The average molecular weight is 442 g/mol. The van der Waals surface area contributed by atoms with E-state index in [-0.39, 0.29) is 18.4 Å². The van der Waals surface area contributed by atoms with Crippen molar-refractivity contribution in [2.75, 3.05) is 69.9 Å². The smallest absolute Gasteiger partial charge is 0.337 e. The van der Waals surface area contributed by atoms with Gasteiger partial charge in [-0.25, -0.2) is 4.79 Å². The van der Waals surface area contributed by atoms with Crippen LogP contribution in [0.5, 0.6) is 5.75 Å². The molecule has 1 aliphatic rings. The first-order valence-corrected chi connectivity index (χ1v) is 10.8. The lowest BCUT2D eigenvalue weighted by Gasteiger charge is -2.29. The number of esters is 1. The standard InChI is InChI=1S/C24H31N3O5/c1-3-26(12-17-32-22-10-4-19(5-11-22)24(29)30-2)18-23(28)25-20-6-8-21(9-7-20)27-13-15-31-16-14-27/h4-11H,3,12-18H2,1-2H3,(H,25,28). The zero-order valence-electron chi connectivity index (χ0n) is 18.7. The monoisotopic (exact) mass is 441 g/mol. The summed E-state index contributed by atoms with van der Waals surface area (Å²) in [5, 5.41) is 2.96. The summed E-state index contributed by atoms with van der Waals surface area (Å²) in [6.07, 6.45) is 0. The molecule has 2 aromatic rings. The molecule has 172 valence electrons. The Bertz CT molecular complexity index is 864. The van der Waals surface area contributed by atoms with Gasteiger partial charge >= 0.3 is 5.97 Å². The van der Waals surface area contributed by atoms with E-state index < -0.39 is 0 Å². The van der Waals surface area contributed by atoms with Crippen molar-refractivity contribution in [2.24, 2.45) is 0 Å². The number of morpholine rings is 1. The molecular weight excluding hydrogens is 410 g/mol. The van der Waals surface area contributed by atoms with E-state index in [1.54, 1.807) is 24.3 Å². The van der Waals surface area contributed by atoms with Gasteiger partial charge in [0.2, 0.25) is 5.91 Å². The summed E-state index contributed by atoms with van der Waals surface area (Å²) in [5.41, 5.74) is 2.40. The summed E-state index contributed by atoms with van der Waals surface area (Å²) in [4.78, 5) is 28.2. The van der Waals surface area contributed by atoms with Crippen LogP contribution in [0.3, 0.4) is 0 Å². The van der Waals surface area contributed by atoms with E-state index >= 15 is 0 Å². The number of anilines is 2. The number of nitrogens with zero attached hydrogens (tertiary/aromatic N) is 2. The maximum absolute atomic E-state index is 12.5. The molecule has 0 atom stereocenters. The van der Waals surface area contributed by atoms with Gasteiger partial charge in [0.05, 0.1) is 32.4 Å². The number of rotatable bonds is 10. The molecule has 3 rings (SSSR count). The maximum Gasteiger partial charge on any atom is 0.337 e. The second-order valence-electron chi connectivity index (χ2n) is 7.43. The lowest BCUT2D eigenvalue weighted by molar-refractivity contribution is -0.117. The van der Waals surface area contributed by atoms with Gasteiger partial charge in [0.25, 0.3) is 0 Å². The van der Waals surface area contributed by atoms with Crippen molar-refractivity contribution >= 4 is 23.3 Å². The van der Waals surface area contributed by atoms with Crippen molar-refractivity contribution in [1.82, 2.24) is 4.90 Å². The van der Waals surface area contributed by atoms with E-state index in [1.165, 1.54) is 7.11 Å². The van der Waals surface area contributed by atoms with Gasteiger partial charge in [0.15, 0.2) is 0 Å². The minimum Gasteiger partial charge on any atom is -0.492 e. The number of nitrogens with one attached hydrogen (secondary N) is 1. The van der Waals surface area contributed by atoms with E-state index in [4.69, 9.17) is 9.47 Å². The number of benzene rings is 2. The third kappa shape index (κ3) is 6.96. The average Bonchev–Trinajstić information content (AvgIpc) is 2.84. The largest absolute Gasteiger partial charge is 0.492 e. The number of hydrogen-bond donors (Lipinski definition) is 1. The zero-order chi connectivity index (χ0) is 22.8. The van der Waals surface area contributed by atoms with E-state index in [9.17, 15) is 9.59 Å². The Balaban J connectivity index is 1.41. The molecule has 1 amide bonds. The van der Waals surface area contributed by atoms with Crippen LogP contribution in [0.2, 0.25) is 0 Å². The van der Waals surface area contributed by atoms with Crippen molar-refractivity contribution in [3.63, 3.8) is 0 Å². The summed E-state index contributed by atoms with van der Waals surface area (Å²) in [7, 11) is 1.35. The number of likely N-dealkylation sites (N-methyl/N-ethyl adjacent to an activating group) is 1. The highest BCUT2D eigenvalue weighted by Crippen LogP contribution is 2.19. The van der Waals surface area contributed by atoms with E-state index in [0.29, 0.717) is 24.5 Å². The van der Waals surface area contributed by atoms with Crippen molar-refractivity contribution in [2.45, 2.75) is 6.92 Å². The van der Waals surface area contributed by atoms with Gasteiger partial charge in [-0.1, -0.05) is 6.92 Å². The molecule has 0 bridgehead atoms. The fourth-order valence-corrected chi connectivity index (χ4v) is 3.43. The second kappa shape index (κ2) is 12.1. The van der Waals surface area contributed by atoms with E-state index in [1.807, 2.05) is 36.1 Å². The molecule has 1 saturated heterocycles. The summed E-state index contributed by atoms with van der Waals surface area (Å²) >= 11 is 0. The SMILES string of the molecule is CCN(CCOc1ccc(C(=O)OC)cc1)CC(=O)Nc1ccc(N2CCOCC2)cc1. The topological polar surface area (TPSA) is 80.3 Å². The Morgan fingerprint density at radius 1 is 1.06 bits per heavy atom. The molecule has 0 aliphatic carbocycles. The lowest BCUT2D eigenvalue weighted by atomic mass is 10.2. The summed E-state index contributed by atoms with van der Waals surface area (Å²) in [5.74, 6) is 0.224. The highest BCUT2D eigenvalue weighted by molar-refractivity contribution is 5.92. The molecule has 0 radical (unpaired) electrons. The minimum atomic E-state index is -0.379. The Morgan fingerprint density at radius 2 is 1.75 bits per heavy atom. The Morgan fingerprint density at radius 3 is 2.38 bits per heavy atom. The normalized spacial score (nSPS) is 13.7. The molecule has 0 unspecified atom stereocenters. The van der Waals surface area contributed by atoms with E-state index in [2.05, 4.69) is 15.0 Å². The Kier molecular flexibility index (Phi) is 8.89. The predicted molar refractivity (Wildman–Crippen MR) is 123 cm³/mol. The number of amides is 1. The highest BCUT2D eigenvalue weighted by Gasteiger charge is 2.13. The fraction of sp³-hybridized carbons (Fsp3) is 0.417. The molecule has 1 N–H and O–H groups in total. The van der Waals surface area contributed by atoms with Gasteiger partial charge in [0.1, 0.15) is 12.4 Å². The van der Waals surface area contributed by atoms with Crippen LogP contribution in [0.1, 0.15) is 17.3 Å². The van der Waals surface area contributed by atoms with Gasteiger partial charge in [-0.2, -0.15) is 0 Å². The van der Waals surface area contributed by atoms with Gasteiger partial charge in [0, 0.05) is 31.0 Å². The van der Waals surface area contributed by atoms with Gasteiger partial charge in [-0.05, 0) is 55.1 Å². The first-order valence-electron chi connectivity index (χ1n) is 10.8. The van der Waals surface area contributed by atoms with Crippen LogP contribution in [0.15, 0.2) is 48.5 Å². The van der Waals surface area contributed by atoms with Gasteiger partial charge in [-0.3, -0.25) is 9.69 Å². The van der Waals surface area contributed by atoms with Crippen molar-refractivity contribution in [3.8, 4) is 5.75 Å². The third-order valence-electron chi connectivity index (χ3n) is 5.29. The van der Waals surface area contributed by atoms with Crippen LogP contribution in [-0.2, 0) is 14.3 Å². The van der Waals surface area contributed by atoms with Crippen LogP contribution in [0, 0.1) is 0 Å². The summed E-state index contributed by atoms with van der Waals surface area (Å²) in [6, 6.07) is 14.7. The van der Waals surface area contributed by atoms with Crippen molar-refractivity contribution in [3.05, 3.63) is 54.1 Å². The first kappa shape index (κ1) is 23.6. The van der Waals surface area contributed by atoms with Crippen LogP contribution in [0.4, 0.5) is 11.4 Å². The quantitative estimate of drug-likeness (QED) is 0.568. The third-order valence-corrected chi connectivity index (χ3v) is 5.29. The molecule has 0 aromatic heterocycles. The Hall–Kier alpha value is -3.10.